The Morgan fingerprint density at radius 3 is 2.48 bits per heavy atom. The van der Waals surface area contributed by atoms with Crippen LogP contribution in [0, 0.1) is 11.3 Å². The molecule has 146 valence electrons. The van der Waals surface area contributed by atoms with Crippen molar-refractivity contribution in [1.82, 2.24) is 0 Å². The van der Waals surface area contributed by atoms with Crippen LogP contribution in [0.4, 0.5) is 11.4 Å². The number of ether oxygens (including phenoxy) is 1. The molecule has 0 atom stereocenters. The molecule has 0 radical (unpaired) electrons. The van der Waals surface area contributed by atoms with Crippen molar-refractivity contribution in [2.24, 2.45) is 0 Å². The Hall–Kier alpha value is -3.57. The molecule has 1 saturated heterocycles. The summed E-state index contributed by atoms with van der Waals surface area (Å²) in [6.45, 7) is 2.06. The lowest BCUT2D eigenvalue weighted by atomic mass is 10.2. The van der Waals surface area contributed by atoms with Crippen LogP contribution < -0.4 is 10.2 Å². The van der Waals surface area contributed by atoms with Gasteiger partial charge in [0.15, 0.2) is 0 Å². The van der Waals surface area contributed by atoms with E-state index in [1.807, 2.05) is 24.3 Å². The van der Waals surface area contributed by atoms with Crippen LogP contribution in [0.2, 0.25) is 0 Å². The zero-order chi connectivity index (χ0) is 20.8. The van der Waals surface area contributed by atoms with Gasteiger partial charge in [-0.1, -0.05) is 18.2 Å². The Balaban J connectivity index is 1.83. The standard InChI is InChI=1S/C21H17N3O4S/c1-2-28-21(27)14-8-10-15(11-9-14)23-19(26)17(12-22)20-24(13-18(25)29-20)16-6-4-3-5-7-16/h3-11H,2,13H2,1H3,(H,23,26). The number of nitrogens with zero attached hydrogens (tertiary/aromatic N) is 2. The average molecular weight is 407 g/mol. The number of anilines is 2. The molecule has 1 aliphatic heterocycles. The number of carbonyl (C=O) groups excluding carboxylic acids is 3. The predicted molar refractivity (Wildman–Crippen MR) is 110 cm³/mol. The monoisotopic (exact) mass is 407 g/mol. The van der Waals surface area contributed by atoms with Crippen molar-refractivity contribution in [3.05, 3.63) is 70.8 Å². The highest BCUT2D eigenvalue weighted by Crippen LogP contribution is 2.36. The number of esters is 1. The van der Waals surface area contributed by atoms with E-state index in [4.69, 9.17) is 4.74 Å². The molecule has 29 heavy (non-hydrogen) atoms. The summed E-state index contributed by atoms with van der Waals surface area (Å²) in [5.74, 6) is -1.08. The molecule has 0 saturated carbocycles. The van der Waals surface area contributed by atoms with Gasteiger partial charge in [-0.15, -0.1) is 0 Å². The van der Waals surface area contributed by atoms with Gasteiger partial charge in [-0.3, -0.25) is 9.59 Å². The Bertz CT molecular complexity index is 1010. The number of benzene rings is 2. The quantitative estimate of drug-likeness (QED) is 0.461. The summed E-state index contributed by atoms with van der Waals surface area (Å²) in [4.78, 5) is 38.1. The van der Waals surface area contributed by atoms with Gasteiger partial charge in [0.1, 0.15) is 16.7 Å². The minimum Gasteiger partial charge on any atom is -0.462 e. The zero-order valence-electron chi connectivity index (χ0n) is 15.5. The molecule has 3 rings (SSSR count). The molecule has 1 N–H and O–H groups in total. The highest BCUT2D eigenvalue weighted by atomic mass is 32.2. The van der Waals surface area contributed by atoms with E-state index in [0.717, 1.165) is 17.4 Å². The third-order valence-corrected chi connectivity index (χ3v) is 4.99. The van der Waals surface area contributed by atoms with Crippen molar-refractivity contribution in [3.63, 3.8) is 0 Å². The Morgan fingerprint density at radius 1 is 1.17 bits per heavy atom. The lowest BCUT2D eigenvalue weighted by molar-refractivity contribution is -0.112. The van der Waals surface area contributed by atoms with Crippen molar-refractivity contribution in [3.8, 4) is 6.07 Å². The van der Waals surface area contributed by atoms with Gasteiger partial charge in [0, 0.05) is 11.4 Å². The number of hydrogen-bond donors (Lipinski definition) is 1. The molecule has 0 unspecified atom stereocenters. The molecular formula is C21H17N3O4S. The number of nitriles is 1. The first-order chi connectivity index (χ1) is 14.0. The van der Waals surface area contributed by atoms with Crippen molar-refractivity contribution in [1.29, 1.82) is 5.26 Å². The fourth-order valence-electron chi connectivity index (χ4n) is 2.69. The summed E-state index contributed by atoms with van der Waals surface area (Å²) in [6.07, 6.45) is 0. The van der Waals surface area contributed by atoms with E-state index in [1.165, 1.54) is 12.1 Å². The maximum Gasteiger partial charge on any atom is 0.338 e. The van der Waals surface area contributed by atoms with Crippen LogP contribution in [0.1, 0.15) is 17.3 Å². The molecule has 1 heterocycles. The number of carbonyl (C=O) groups is 3. The van der Waals surface area contributed by atoms with Gasteiger partial charge in [0.05, 0.1) is 18.7 Å². The van der Waals surface area contributed by atoms with E-state index in [1.54, 1.807) is 36.1 Å². The number of amides is 1. The molecule has 0 bridgehead atoms. The number of hydrogen-bond acceptors (Lipinski definition) is 7. The first kappa shape index (κ1) is 20.2. The Kier molecular flexibility index (Phi) is 6.32. The number of rotatable bonds is 5. The van der Waals surface area contributed by atoms with E-state index < -0.39 is 11.9 Å². The lowest BCUT2D eigenvalue weighted by Crippen LogP contribution is -2.23. The molecular weight excluding hydrogens is 390 g/mol. The topological polar surface area (TPSA) is 99.5 Å². The van der Waals surface area contributed by atoms with Crippen LogP contribution in [0.25, 0.3) is 0 Å². The van der Waals surface area contributed by atoms with Crippen LogP contribution in [-0.4, -0.2) is 30.1 Å². The average Bonchev–Trinajstić information content (AvgIpc) is 3.11. The number of thioether (sulfide) groups is 1. The van der Waals surface area contributed by atoms with E-state index in [-0.39, 0.29) is 23.8 Å². The minimum absolute atomic E-state index is 0.0801. The molecule has 2 aromatic carbocycles. The van der Waals surface area contributed by atoms with E-state index >= 15 is 0 Å². The summed E-state index contributed by atoms with van der Waals surface area (Å²) in [7, 11) is 0. The second-order valence-electron chi connectivity index (χ2n) is 5.94. The smallest absolute Gasteiger partial charge is 0.338 e. The first-order valence-corrected chi connectivity index (χ1v) is 9.61. The molecule has 0 aliphatic carbocycles. The molecule has 7 nitrogen and oxygen atoms in total. The number of para-hydroxylation sites is 1. The summed E-state index contributed by atoms with van der Waals surface area (Å²) in [6, 6.07) is 17.1. The summed E-state index contributed by atoms with van der Waals surface area (Å²) < 4.78 is 4.92. The lowest BCUT2D eigenvalue weighted by Gasteiger charge is -2.19. The SMILES string of the molecule is CCOC(=O)c1ccc(NC(=O)C(C#N)=C2SC(=O)CN2c2ccccc2)cc1. The van der Waals surface area contributed by atoms with Crippen molar-refractivity contribution in [2.45, 2.75) is 6.92 Å². The van der Waals surface area contributed by atoms with Crippen LogP contribution in [0.15, 0.2) is 65.2 Å². The molecule has 0 spiro atoms. The first-order valence-electron chi connectivity index (χ1n) is 8.79. The van der Waals surface area contributed by atoms with Gasteiger partial charge in [-0.05, 0) is 55.1 Å². The fraction of sp³-hybridized carbons (Fsp3) is 0.143. The van der Waals surface area contributed by atoms with E-state index in [2.05, 4.69) is 5.32 Å². The van der Waals surface area contributed by atoms with Crippen LogP contribution in [0.5, 0.6) is 0 Å². The predicted octanol–water partition coefficient (Wildman–Crippen LogP) is 3.32. The third-order valence-electron chi connectivity index (χ3n) is 4.02. The fourth-order valence-corrected chi connectivity index (χ4v) is 3.62. The van der Waals surface area contributed by atoms with Crippen molar-refractivity contribution >= 4 is 40.1 Å². The molecule has 0 aromatic heterocycles. The van der Waals surface area contributed by atoms with Gasteiger partial charge in [-0.25, -0.2) is 4.79 Å². The van der Waals surface area contributed by atoms with E-state index in [9.17, 15) is 19.6 Å². The highest BCUT2D eigenvalue weighted by molar-refractivity contribution is 8.17. The highest BCUT2D eigenvalue weighted by Gasteiger charge is 2.32. The Morgan fingerprint density at radius 2 is 1.86 bits per heavy atom. The maximum absolute atomic E-state index is 12.7. The van der Waals surface area contributed by atoms with Crippen LogP contribution >= 0.6 is 11.8 Å². The largest absolute Gasteiger partial charge is 0.462 e. The number of nitrogens with one attached hydrogen (secondary N) is 1. The van der Waals surface area contributed by atoms with Crippen LogP contribution in [-0.2, 0) is 14.3 Å². The van der Waals surface area contributed by atoms with Gasteiger partial charge >= 0.3 is 5.97 Å². The third kappa shape index (κ3) is 4.65. The van der Waals surface area contributed by atoms with Gasteiger partial charge < -0.3 is 15.0 Å². The molecule has 2 aromatic rings. The van der Waals surface area contributed by atoms with E-state index in [0.29, 0.717) is 16.3 Å². The molecule has 1 fully saturated rings. The molecule has 1 aliphatic rings. The summed E-state index contributed by atoms with van der Waals surface area (Å²) >= 11 is 0.874. The second kappa shape index (κ2) is 9.08. The summed E-state index contributed by atoms with van der Waals surface area (Å²) in [5, 5.41) is 12.4. The molecule has 1 amide bonds. The van der Waals surface area contributed by atoms with Gasteiger partial charge in [0.2, 0.25) is 5.12 Å². The zero-order valence-corrected chi connectivity index (χ0v) is 16.4. The maximum atomic E-state index is 12.7. The van der Waals surface area contributed by atoms with Crippen molar-refractivity contribution in [2.75, 3.05) is 23.4 Å². The minimum atomic E-state index is -0.630. The summed E-state index contributed by atoms with van der Waals surface area (Å²) in [5.41, 5.74) is 1.34. The van der Waals surface area contributed by atoms with Gasteiger partial charge in [0.25, 0.3) is 5.91 Å². The second-order valence-corrected chi connectivity index (χ2v) is 6.99. The van der Waals surface area contributed by atoms with Crippen molar-refractivity contribution < 1.29 is 19.1 Å². The van der Waals surface area contributed by atoms with Crippen LogP contribution in [0.3, 0.4) is 0 Å². The Labute approximate surface area is 172 Å². The normalized spacial score (nSPS) is 14.9. The molecule has 8 heteroatoms. The van der Waals surface area contributed by atoms with Gasteiger partial charge in [-0.2, -0.15) is 5.26 Å².